The molecule has 0 amide bonds. The molecular weight excluding hydrogens is 338 g/mol. The van der Waals surface area contributed by atoms with Gasteiger partial charge in [-0.15, -0.1) is 0 Å². The number of carbonyl (C=O) groups excluding carboxylic acids is 1. The Balaban J connectivity index is 1.83. The molecule has 126 valence electrons. The third-order valence-corrected chi connectivity index (χ3v) is 3.89. The summed E-state index contributed by atoms with van der Waals surface area (Å²) in [4.78, 5) is 19.7. The third kappa shape index (κ3) is 3.87. The highest BCUT2D eigenvalue weighted by atomic mass is 35.5. The van der Waals surface area contributed by atoms with E-state index in [4.69, 9.17) is 17.3 Å². The number of nitrogen functional groups attached to an aromatic ring is 1. The average Bonchev–Trinajstić information content (AvgIpc) is 2.61. The van der Waals surface area contributed by atoms with Crippen LogP contribution in [0, 0.1) is 0 Å². The lowest BCUT2D eigenvalue weighted by molar-refractivity contribution is 0.101. The first-order valence-electron chi connectivity index (χ1n) is 7.54. The monoisotopic (exact) mass is 353 g/mol. The van der Waals surface area contributed by atoms with Gasteiger partial charge in [-0.1, -0.05) is 23.7 Å². The van der Waals surface area contributed by atoms with Crippen molar-refractivity contribution in [2.45, 2.75) is 6.92 Å². The SMILES string of the molecule is CC(=O)c1ccc(Nc2ncnc(Nc3ccccc3Cl)c2N)cc1. The number of carbonyl (C=O) groups is 1. The van der Waals surface area contributed by atoms with E-state index in [0.717, 1.165) is 5.69 Å². The molecule has 1 heterocycles. The molecule has 3 rings (SSSR count). The van der Waals surface area contributed by atoms with Crippen LogP contribution in [-0.2, 0) is 0 Å². The Bertz CT molecular complexity index is 912. The standard InChI is InChI=1S/C18H16ClN5O/c1-11(25)12-6-8-13(9-7-12)23-17-16(20)18(22-10-21-17)24-15-5-3-2-4-14(15)19/h2-10H,20H2,1H3,(H2,21,22,23,24). The molecule has 0 aliphatic rings. The molecule has 0 aliphatic heterocycles. The summed E-state index contributed by atoms with van der Waals surface area (Å²) in [5.41, 5.74) is 8.62. The molecule has 7 heteroatoms. The quantitative estimate of drug-likeness (QED) is 0.588. The number of aromatic nitrogens is 2. The normalized spacial score (nSPS) is 10.3. The van der Waals surface area contributed by atoms with Crippen molar-refractivity contribution in [3.05, 3.63) is 65.4 Å². The maximum atomic E-state index is 11.3. The summed E-state index contributed by atoms with van der Waals surface area (Å²) >= 11 is 6.15. The van der Waals surface area contributed by atoms with E-state index in [1.165, 1.54) is 13.3 Å². The summed E-state index contributed by atoms with van der Waals surface area (Å²) in [6.07, 6.45) is 1.40. The lowest BCUT2D eigenvalue weighted by Gasteiger charge is -2.13. The molecule has 0 atom stereocenters. The van der Waals surface area contributed by atoms with E-state index in [2.05, 4.69) is 20.6 Å². The molecule has 4 N–H and O–H groups in total. The summed E-state index contributed by atoms with van der Waals surface area (Å²) in [7, 11) is 0. The van der Waals surface area contributed by atoms with Crippen molar-refractivity contribution in [2.24, 2.45) is 0 Å². The Morgan fingerprint density at radius 2 is 1.64 bits per heavy atom. The minimum Gasteiger partial charge on any atom is -0.393 e. The number of benzene rings is 2. The molecule has 0 radical (unpaired) electrons. The van der Waals surface area contributed by atoms with E-state index in [9.17, 15) is 4.79 Å². The maximum Gasteiger partial charge on any atom is 0.159 e. The second kappa shape index (κ2) is 7.19. The number of nitrogens with one attached hydrogen (secondary N) is 2. The second-order valence-electron chi connectivity index (χ2n) is 5.35. The minimum atomic E-state index is 0.0133. The molecule has 0 fully saturated rings. The molecule has 0 bridgehead atoms. The number of para-hydroxylation sites is 1. The van der Waals surface area contributed by atoms with Gasteiger partial charge in [0, 0.05) is 11.3 Å². The van der Waals surface area contributed by atoms with Crippen molar-refractivity contribution in [1.29, 1.82) is 0 Å². The van der Waals surface area contributed by atoms with Crippen molar-refractivity contribution in [1.82, 2.24) is 9.97 Å². The number of hydrogen-bond acceptors (Lipinski definition) is 6. The summed E-state index contributed by atoms with van der Waals surface area (Å²) < 4.78 is 0. The first kappa shape index (κ1) is 16.7. The molecule has 3 aromatic rings. The minimum absolute atomic E-state index is 0.0133. The van der Waals surface area contributed by atoms with Gasteiger partial charge in [0.2, 0.25) is 0 Å². The number of nitrogens with zero attached hydrogens (tertiary/aromatic N) is 2. The van der Waals surface area contributed by atoms with Gasteiger partial charge in [0.15, 0.2) is 17.4 Å². The molecule has 0 unspecified atom stereocenters. The van der Waals surface area contributed by atoms with Crippen LogP contribution in [0.1, 0.15) is 17.3 Å². The van der Waals surface area contributed by atoms with Crippen LogP contribution in [0.25, 0.3) is 0 Å². The molecule has 6 nitrogen and oxygen atoms in total. The third-order valence-electron chi connectivity index (χ3n) is 3.57. The zero-order valence-electron chi connectivity index (χ0n) is 13.5. The highest BCUT2D eigenvalue weighted by Gasteiger charge is 2.10. The molecule has 0 spiro atoms. The van der Waals surface area contributed by atoms with E-state index in [-0.39, 0.29) is 5.78 Å². The Kier molecular flexibility index (Phi) is 4.81. The van der Waals surface area contributed by atoms with Gasteiger partial charge >= 0.3 is 0 Å². The fraction of sp³-hybridized carbons (Fsp3) is 0.0556. The fourth-order valence-corrected chi connectivity index (χ4v) is 2.39. The molecule has 0 aliphatic carbocycles. The molecular formula is C18H16ClN5O. The van der Waals surface area contributed by atoms with Crippen LogP contribution in [0.5, 0.6) is 0 Å². The van der Waals surface area contributed by atoms with Gasteiger partial charge in [0.05, 0.1) is 10.7 Å². The number of anilines is 5. The van der Waals surface area contributed by atoms with Crippen molar-refractivity contribution in [3.8, 4) is 0 Å². The van der Waals surface area contributed by atoms with Gasteiger partial charge in [-0.2, -0.15) is 0 Å². The number of rotatable bonds is 5. The first-order chi connectivity index (χ1) is 12.0. The smallest absolute Gasteiger partial charge is 0.159 e. The van der Waals surface area contributed by atoms with E-state index in [1.54, 1.807) is 30.3 Å². The molecule has 25 heavy (non-hydrogen) atoms. The maximum absolute atomic E-state index is 11.3. The van der Waals surface area contributed by atoms with Crippen LogP contribution in [0.2, 0.25) is 5.02 Å². The van der Waals surface area contributed by atoms with Crippen LogP contribution < -0.4 is 16.4 Å². The van der Waals surface area contributed by atoms with Crippen LogP contribution in [0.15, 0.2) is 54.9 Å². The molecule has 0 saturated heterocycles. The number of nitrogens with two attached hydrogens (primary N) is 1. The predicted octanol–water partition coefficient (Wildman–Crippen LogP) is 4.40. The van der Waals surface area contributed by atoms with E-state index in [0.29, 0.717) is 33.6 Å². The van der Waals surface area contributed by atoms with Crippen LogP contribution in [0.3, 0.4) is 0 Å². The molecule has 0 saturated carbocycles. The Labute approximate surface area is 150 Å². The van der Waals surface area contributed by atoms with E-state index >= 15 is 0 Å². The Morgan fingerprint density at radius 1 is 1.00 bits per heavy atom. The summed E-state index contributed by atoms with van der Waals surface area (Å²) in [6, 6.07) is 14.4. The van der Waals surface area contributed by atoms with Gasteiger partial charge in [-0.05, 0) is 43.3 Å². The van der Waals surface area contributed by atoms with Crippen molar-refractivity contribution < 1.29 is 4.79 Å². The van der Waals surface area contributed by atoms with Gasteiger partial charge in [-0.3, -0.25) is 4.79 Å². The van der Waals surface area contributed by atoms with Gasteiger partial charge in [0.1, 0.15) is 12.0 Å². The number of Topliss-reactive ketones (excluding diaryl/α,β-unsaturated/α-hetero) is 1. The van der Waals surface area contributed by atoms with Crippen LogP contribution >= 0.6 is 11.6 Å². The van der Waals surface area contributed by atoms with Crippen molar-refractivity contribution in [2.75, 3.05) is 16.4 Å². The van der Waals surface area contributed by atoms with Gasteiger partial charge in [0.25, 0.3) is 0 Å². The van der Waals surface area contributed by atoms with Crippen LogP contribution in [0.4, 0.5) is 28.7 Å². The summed E-state index contributed by atoms with van der Waals surface area (Å²) in [5, 5.41) is 6.78. The zero-order valence-corrected chi connectivity index (χ0v) is 14.2. The predicted molar refractivity (Wildman–Crippen MR) is 101 cm³/mol. The van der Waals surface area contributed by atoms with Crippen molar-refractivity contribution >= 4 is 46.1 Å². The number of hydrogen-bond donors (Lipinski definition) is 3. The van der Waals surface area contributed by atoms with E-state index < -0.39 is 0 Å². The highest BCUT2D eigenvalue weighted by molar-refractivity contribution is 6.33. The topological polar surface area (TPSA) is 92.9 Å². The zero-order chi connectivity index (χ0) is 17.8. The number of halogens is 1. The lowest BCUT2D eigenvalue weighted by atomic mass is 10.1. The Hall–Kier alpha value is -3.12. The van der Waals surface area contributed by atoms with Crippen LogP contribution in [-0.4, -0.2) is 15.8 Å². The van der Waals surface area contributed by atoms with E-state index in [1.807, 2.05) is 18.2 Å². The average molecular weight is 354 g/mol. The summed E-state index contributed by atoms with van der Waals surface area (Å²) in [5.74, 6) is 0.922. The molecule has 2 aromatic carbocycles. The number of ketones is 1. The first-order valence-corrected chi connectivity index (χ1v) is 7.92. The van der Waals surface area contributed by atoms with Gasteiger partial charge in [-0.25, -0.2) is 9.97 Å². The highest BCUT2D eigenvalue weighted by Crippen LogP contribution is 2.30. The second-order valence-corrected chi connectivity index (χ2v) is 5.76. The lowest BCUT2D eigenvalue weighted by Crippen LogP contribution is -2.05. The van der Waals surface area contributed by atoms with Crippen molar-refractivity contribution in [3.63, 3.8) is 0 Å². The Morgan fingerprint density at radius 3 is 2.28 bits per heavy atom. The molecule has 1 aromatic heterocycles. The van der Waals surface area contributed by atoms with Gasteiger partial charge < -0.3 is 16.4 Å². The largest absolute Gasteiger partial charge is 0.393 e. The summed E-state index contributed by atoms with van der Waals surface area (Å²) in [6.45, 7) is 1.53. The fourth-order valence-electron chi connectivity index (χ4n) is 2.21.